The summed E-state index contributed by atoms with van der Waals surface area (Å²) in [6.07, 6.45) is 2.39. The molecule has 0 amide bonds. The Morgan fingerprint density at radius 1 is 1.33 bits per heavy atom. The van der Waals surface area contributed by atoms with Crippen molar-refractivity contribution < 1.29 is 0 Å². The molecule has 3 nitrogen and oxygen atoms in total. The topological polar surface area (TPSA) is 32.5 Å². The molecule has 3 heteroatoms. The molecule has 2 N–H and O–H groups in total. The van der Waals surface area contributed by atoms with E-state index in [1.54, 1.807) is 0 Å². The van der Waals surface area contributed by atoms with Gasteiger partial charge in [-0.15, -0.1) is 0 Å². The zero-order valence-corrected chi connectivity index (χ0v) is 10.7. The van der Waals surface area contributed by atoms with E-state index in [4.69, 9.17) is 5.73 Å². The molecule has 0 saturated carbocycles. The smallest absolute Gasteiger partial charge is 0.0197 e. The van der Waals surface area contributed by atoms with Crippen LogP contribution in [0, 0.1) is 0 Å². The minimum atomic E-state index is 0.313. The number of hydrogen-bond acceptors (Lipinski definition) is 3. The zero-order valence-electron chi connectivity index (χ0n) is 10.7. The molecule has 1 aliphatic heterocycles. The third-order valence-electron chi connectivity index (χ3n) is 3.38. The third kappa shape index (κ3) is 4.09. The first-order valence-corrected chi connectivity index (χ1v) is 6.20. The Balaban J connectivity index is 2.51. The third-order valence-corrected chi connectivity index (χ3v) is 3.38. The molecule has 0 spiro atoms. The molecule has 0 bridgehead atoms. The highest BCUT2D eigenvalue weighted by Crippen LogP contribution is 2.15. The lowest BCUT2D eigenvalue weighted by Gasteiger charge is -2.34. The molecule has 1 saturated heterocycles. The van der Waals surface area contributed by atoms with Gasteiger partial charge in [0.05, 0.1) is 0 Å². The van der Waals surface area contributed by atoms with E-state index in [0.717, 1.165) is 6.42 Å². The van der Waals surface area contributed by atoms with Crippen molar-refractivity contribution in [2.45, 2.75) is 51.7 Å². The molecule has 0 radical (unpaired) electrons. The largest absolute Gasteiger partial charge is 0.328 e. The Morgan fingerprint density at radius 3 is 2.60 bits per heavy atom. The van der Waals surface area contributed by atoms with Gasteiger partial charge in [-0.2, -0.15) is 0 Å². The molecule has 1 rings (SSSR count). The van der Waals surface area contributed by atoms with Crippen LogP contribution in [0.25, 0.3) is 0 Å². The van der Waals surface area contributed by atoms with Gasteiger partial charge in [0.1, 0.15) is 0 Å². The van der Waals surface area contributed by atoms with Crippen LogP contribution in [0.15, 0.2) is 0 Å². The molecule has 0 aromatic carbocycles. The molecule has 3 unspecified atom stereocenters. The highest BCUT2D eigenvalue weighted by atomic mass is 15.2. The Bertz CT molecular complexity index is 182. The summed E-state index contributed by atoms with van der Waals surface area (Å²) in [6.45, 7) is 10.4. The number of rotatable bonds is 3. The van der Waals surface area contributed by atoms with E-state index >= 15 is 0 Å². The Hall–Kier alpha value is -0.120. The molecule has 0 aliphatic carbocycles. The number of nitrogens with zero attached hydrogens (tertiary/aromatic N) is 2. The second-order valence-electron chi connectivity index (χ2n) is 5.26. The van der Waals surface area contributed by atoms with Gasteiger partial charge in [-0.05, 0) is 53.8 Å². The molecular formula is C12H27N3. The molecule has 15 heavy (non-hydrogen) atoms. The summed E-state index contributed by atoms with van der Waals surface area (Å²) in [4.78, 5) is 5.05. The summed E-state index contributed by atoms with van der Waals surface area (Å²) < 4.78 is 0. The second-order valence-corrected chi connectivity index (χ2v) is 5.26. The first-order valence-electron chi connectivity index (χ1n) is 6.20. The Morgan fingerprint density at radius 2 is 2.00 bits per heavy atom. The normalized spacial score (nSPS) is 29.8. The van der Waals surface area contributed by atoms with Crippen LogP contribution in [0.2, 0.25) is 0 Å². The highest BCUT2D eigenvalue weighted by molar-refractivity contribution is 4.80. The minimum absolute atomic E-state index is 0.313. The quantitative estimate of drug-likeness (QED) is 0.763. The van der Waals surface area contributed by atoms with E-state index in [1.165, 1.54) is 26.1 Å². The van der Waals surface area contributed by atoms with Crippen molar-refractivity contribution in [1.82, 2.24) is 9.80 Å². The zero-order chi connectivity index (χ0) is 11.4. The van der Waals surface area contributed by atoms with Crippen LogP contribution in [0.4, 0.5) is 0 Å². The molecule has 3 atom stereocenters. The number of nitrogens with two attached hydrogens (primary N) is 1. The van der Waals surface area contributed by atoms with E-state index in [2.05, 4.69) is 37.6 Å². The average Bonchev–Trinajstić information content (AvgIpc) is 2.25. The Labute approximate surface area is 94.6 Å². The predicted octanol–water partition coefficient (Wildman–Crippen LogP) is 1.14. The lowest BCUT2D eigenvalue weighted by atomic mass is 10.1. The van der Waals surface area contributed by atoms with Crippen molar-refractivity contribution >= 4 is 0 Å². The molecular weight excluding hydrogens is 186 g/mol. The standard InChI is InChI=1S/C12H27N3/c1-10(13)8-11(2)15-7-5-6-14(4)9-12(15)3/h10-12H,5-9,13H2,1-4H3. The van der Waals surface area contributed by atoms with Crippen LogP contribution in [0.3, 0.4) is 0 Å². The van der Waals surface area contributed by atoms with Crippen LogP contribution in [0.1, 0.15) is 33.6 Å². The summed E-state index contributed by atoms with van der Waals surface area (Å²) in [7, 11) is 2.22. The first kappa shape index (κ1) is 12.9. The fourth-order valence-electron chi connectivity index (χ4n) is 2.72. The van der Waals surface area contributed by atoms with Crippen molar-refractivity contribution in [3.63, 3.8) is 0 Å². The van der Waals surface area contributed by atoms with E-state index in [9.17, 15) is 0 Å². The van der Waals surface area contributed by atoms with Crippen LogP contribution < -0.4 is 5.73 Å². The fraction of sp³-hybridized carbons (Fsp3) is 1.00. The fourth-order valence-corrected chi connectivity index (χ4v) is 2.72. The monoisotopic (exact) mass is 213 g/mol. The van der Waals surface area contributed by atoms with Gasteiger partial charge >= 0.3 is 0 Å². The van der Waals surface area contributed by atoms with Gasteiger partial charge in [-0.1, -0.05) is 0 Å². The van der Waals surface area contributed by atoms with Crippen LogP contribution in [-0.2, 0) is 0 Å². The lowest BCUT2D eigenvalue weighted by Crippen LogP contribution is -2.45. The highest BCUT2D eigenvalue weighted by Gasteiger charge is 2.24. The maximum absolute atomic E-state index is 5.87. The van der Waals surface area contributed by atoms with Gasteiger partial charge in [0.15, 0.2) is 0 Å². The summed E-state index contributed by atoms with van der Waals surface area (Å²) in [5.74, 6) is 0. The maximum Gasteiger partial charge on any atom is 0.0197 e. The molecule has 1 aliphatic rings. The SMILES string of the molecule is CC(N)CC(C)N1CCCN(C)CC1C. The van der Waals surface area contributed by atoms with Crippen LogP contribution in [0.5, 0.6) is 0 Å². The second kappa shape index (κ2) is 5.83. The molecule has 1 fully saturated rings. The summed E-state index contributed by atoms with van der Waals surface area (Å²) >= 11 is 0. The average molecular weight is 213 g/mol. The summed E-state index contributed by atoms with van der Waals surface area (Å²) in [5, 5.41) is 0. The molecule has 1 heterocycles. The van der Waals surface area contributed by atoms with Crippen LogP contribution in [-0.4, -0.2) is 54.6 Å². The van der Waals surface area contributed by atoms with Crippen molar-refractivity contribution in [2.75, 3.05) is 26.7 Å². The van der Waals surface area contributed by atoms with Gasteiger partial charge in [0.25, 0.3) is 0 Å². The van der Waals surface area contributed by atoms with E-state index < -0.39 is 0 Å². The maximum atomic E-state index is 5.87. The van der Waals surface area contributed by atoms with Crippen molar-refractivity contribution in [1.29, 1.82) is 0 Å². The van der Waals surface area contributed by atoms with E-state index in [1.807, 2.05) is 0 Å². The lowest BCUT2D eigenvalue weighted by molar-refractivity contribution is 0.142. The van der Waals surface area contributed by atoms with E-state index in [0.29, 0.717) is 18.1 Å². The van der Waals surface area contributed by atoms with Gasteiger partial charge in [0.2, 0.25) is 0 Å². The minimum Gasteiger partial charge on any atom is -0.328 e. The first-order chi connectivity index (χ1) is 7.00. The van der Waals surface area contributed by atoms with Gasteiger partial charge in [-0.3, -0.25) is 4.90 Å². The van der Waals surface area contributed by atoms with Crippen molar-refractivity contribution in [3.05, 3.63) is 0 Å². The number of hydrogen-bond donors (Lipinski definition) is 1. The van der Waals surface area contributed by atoms with Gasteiger partial charge < -0.3 is 10.6 Å². The number of likely N-dealkylation sites (N-methyl/N-ethyl adjacent to an activating group) is 1. The molecule has 0 aromatic rings. The molecule has 0 aromatic heterocycles. The predicted molar refractivity (Wildman–Crippen MR) is 66.0 cm³/mol. The van der Waals surface area contributed by atoms with Gasteiger partial charge in [0, 0.05) is 24.7 Å². The van der Waals surface area contributed by atoms with Crippen molar-refractivity contribution in [3.8, 4) is 0 Å². The summed E-state index contributed by atoms with van der Waals surface area (Å²) in [5.41, 5.74) is 5.87. The van der Waals surface area contributed by atoms with Crippen LogP contribution >= 0.6 is 0 Å². The van der Waals surface area contributed by atoms with E-state index in [-0.39, 0.29) is 0 Å². The molecule has 90 valence electrons. The summed E-state index contributed by atoms with van der Waals surface area (Å²) in [6, 6.07) is 1.59. The van der Waals surface area contributed by atoms with Crippen molar-refractivity contribution in [2.24, 2.45) is 5.73 Å². The van der Waals surface area contributed by atoms with Gasteiger partial charge in [-0.25, -0.2) is 0 Å². The Kier molecular flexibility index (Phi) is 5.03.